The van der Waals surface area contributed by atoms with Crippen LogP contribution in [0, 0.1) is 5.82 Å². The van der Waals surface area contributed by atoms with E-state index in [1.54, 1.807) is 6.92 Å². The molecule has 0 bridgehead atoms. The number of hydrogen-bond acceptors (Lipinski definition) is 4. The molecule has 2 amide bonds. The number of carbonyl (C=O) groups excluding carboxylic acids is 2. The third-order valence-corrected chi connectivity index (χ3v) is 6.52. The highest BCUT2D eigenvalue weighted by Crippen LogP contribution is 2.30. The Morgan fingerprint density at radius 1 is 1.12 bits per heavy atom. The fourth-order valence-electron chi connectivity index (χ4n) is 3.04. The number of rotatable bonds is 10. The van der Waals surface area contributed by atoms with Crippen molar-refractivity contribution in [3.63, 3.8) is 0 Å². The lowest BCUT2D eigenvalue weighted by Gasteiger charge is -2.31. The van der Waals surface area contributed by atoms with E-state index >= 15 is 0 Å². The first-order valence-corrected chi connectivity index (χ1v) is 12.8. The maximum atomic E-state index is 13.4. The van der Waals surface area contributed by atoms with Crippen LogP contribution < -0.4 is 9.62 Å². The van der Waals surface area contributed by atoms with Gasteiger partial charge in [-0.05, 0) is 49.2 Å². The second-order valence-corrected chi connectivity index (χ2v) is 10.2. The molecule has 0 radical (unpaired) electrons. The Bertz CT molecular complexity index is 1100. The number of nitrogens with one attached hydrogen (secondary N) is 1. The van der Waals surface area contributed by atoms with Gasteiger partial charge in [0.15, 0.2) is 0 Å². The molecule has 0 aliphatic rings. The second-order valence-electron chi connectivity index (χ2n) is 7.48. The Morgan fingerprint density at radius 3 is 2.33 bits per heavy atom. The average Bonchev–Trinajstić information content (AvgIpc) is 2.75. The summed E-state index contributed by atoms with van der Waals surface area (Å²) < 4.78 is 39.2. The highest BCUT2D eigenvalue weighted by molar-refractivity contribution is 7.92. The van der Waals surface area contributed by atoms with Crippen molar-refractivity contribution in [3.05, 3.63) is 63.9 Å². The number of carbonyl (C=O) groups is 2. The van der Waals surface area contributed by atoms with Gasteiger partial charge < -0.3 is 10.2 Å². The van der Waals surface area contributed by atoms with Gasteiger partial charge in [-0.15, -0.1) is 0 Å². The predicted octanol–water partition coefficient (Wildman–Crippen LogP) is 3.84. The molecule has 0 fully saturated rings. The Kier molecular flexibility index (Phi) is 9.51. The van der Waals surface area contributed by atoms with Crippen LogP contribution in [0.4, 0.5) is 10.1 Å². The molecular weight excluding hydrogens is 492 g/mol. The molecule has 2 aromatic rings. The van der Waals surface area contributed by atoms with E-state index in [0.717, 1.165) is 10.6 Å². The topological polar surface area (TPSA) is 86.8 Å². The van der Waals surface area contributed by atoms with Gasteiger partial charge in [-0.2, -0.15) is 0 Å². The molecular formula is C22H26Cl2FN3O4S. The number of benzene rings is 2. The largest absolute Gasteiger partial charge is 0.354 e. The molecule has 7 nitrogen and oxygen atoms in total. The van der Waals surface area contributed by atoms with Gasteiger partial charge in [0.05, 0.1) is 17.0 Å². The van der Waals surface area contributed by atoms with Crippen molar-refractivity contribution in [2.45, 2.75) is 32.9 Å². The summed E-state index contributed by atoms with van der Waals surface area (Å²) in [7, 11) is -3.93. The Morgan fingerprint density at radius 2 is 1.76 bits per heavy atom. The van der Waals surface area contributed by atoms with E-state index in [-0.39, 0.29) is 28.2 Å². The van der Waals surface area contributed by atoms with Crippen LogP contribution >= 0.6 is 23.2 Å². The maximum Gasteiger partial charge on any atom is 0.244 e. The van der Waals surface area contributed by atoms with Gasteiger partial charge >= 0.3 is 0 Å². The molecule has 1 unspecified atom stereocenters. The number of amides is 2. The van der Waals surface area contributed by atoms with Gasteiger partial charge in [0, 0.05) is 18.1 Å². The first-order chi connectivity index (χ1) is 15.4. The Hall–Kier alpha value is -2.36. The highest BCUT2D eigenvalue weighted by atomic mass is 35.5. The summed E-state index contributed by atoms with van der Waals surface area (Å²) in [5.41, 5.74) is 0.622. The van der Waals surface area contributed by atoms with Crippen molar-refractivity contribution in [3.8, 4) is 0 Å². The smallest absolute Gasteiger partial charge is 0.244 e. The van der Waals surface area contributed by atoms with Gasteiger partial charge in [-0.3, -0.25) is 13.9 Å². The molecule has 1 N–H and O–H groups in total. The molecule has 11 heteroatoms. The van der Waals surface area contributed by atoms with Gasteiger partial charge in [0.1, 0.15) is 18.4 Å². The first-order valence-electron chi connectivity index (χ1n) is 10.2. The van der Waals surface area contributed by atoms with E-state index in [1.165, 1.54) is 47.4 Å². The number of hydrogen-bond donors (Lipinski definition) is 1. The van der Waals surface area contributed by atoms with Crippen molar-refractivity contribution in [1.82, 2.24) is 10.2 Å². The van der Waals surface area contributed by atoms with Gasteiger partial charge in [0.25, 0.3) is 0 Å². The quantitative estimate of drug-likeness (QED) is 0.518. The molecule has 180 valence electrons. The Balaban J connectivity index is 2.40. The first kappa shape index (κ1) is 26.9. The Labute approximate surface area is 203 Å². The van der Waals surface area contributed by atoms with Crippen molar-refractivity contribution >= 4 is 50.7 Å². The van der Waals surface area contributed by atoms with Crippen LogP contribution in [0.3, 0.4) is 0 Å². The molecule has 0 aliphatic carbocycles. The third kappa shape index (κ3) is 7.58. The number of anilines is 1. The van der Waals surface area contributed by atoms with Crippen molar-refractivity contribution in [2.75, 3.05) is 23.7 Å². The van der Waals surface area contributed by atoms with Crippen LogP contribution in [-0.2, 0) is 26.2 Å². The van der Waals surface area contributed by atoms with E-state index in [0.29, 0.717) is 18.5 Å². The van der Waals surface area contributed by atoms with E-state index in [1.807, 2.05) is 6.92 Å². The zero-order chi connectivity index (χ0) is 24.8. The maximum absolute atomic E-state index is 13.4. The van der Waals surface area contributed by atoms with Crippen molar-refractivity contribution in [1.29, 1.82) is 0 Å². The number of nitrogens with zero attached hydrogens (tertiary/aromatic N) is 2. The van der Waals surface area contributed by atoms with Crippen LogP contribution in [0.2, 0.25) is 10.0 Å². The summed E-state index contributed by atoms with van der Waals surface area (Å²) in [5.74, 6) is -1.47. The van der Waals surface area contributed by atoms with Gasteiger partial charge in [-0.25, -0.2) is 12.8 Å². The SMILES string of the molecule is CCCNC(=O)C(C)N(Cc1ccc(F)cc1)C(=O)CN(c1cc(Cl)ccc1Cl)S(C)(=O)=O. The summed E-state index contributed by atoms with van der Waals surface area (Å²) in [6.45, 7) is 3.23. The fourth-order valence-corrected chi connectivity index (χ4v) is 4.33. The molecule has 1 atom stereocenters. The lowest BCUT2D eigenvalue weighted by Crippen LogP contribution is -2.51. The minimum absolute atomic E-state index is 0.0271. The zero-order valence-corrected chi connectivity index (χ0v) is 20.8. The normalized spacial score (nSPS) is 12.2. The monoisotopic (exact) mass is 517 g/mol. The van der Waals surface area contributed by atoms with Crippen LogP contribution in [0.25, 0.3) is 0 Å². The summed E-state index contributed by atoms with van der Waals surface area (Å²) in [4.78, 5) is 27.2. The zero-order valence-electron chi connectivity index (χ0n) is 18.5. The van der Waals surface area contributed by atoms with E-state index in [2.05, 4.69) is 5.32 Å². The van der Waals surface area contributed by atoms with Crippen LogP contribution in [0.5, 0.6) is 0 Å². The second kappa shape index (κ2) is 11.7. The third-order valence-electron chi connectivity index (χ3n) is 4.84. The molecule has 0 aromatic heterocycles. The average molecular weight is 518 g/mol. The molecule has 2 aromatic carbocycles. The van der Waals surface area contributed by atoms with Gasteiger partial charge in [-0.1, -0.05) is 42.3 Å². The van der Waals surface area contributed by atoms with Crippen LogP contribution in [0.15, 0.2) is 42.5 Å². The molecule has 0 spiro atoms. The minimum atomic E-state index is -3.93. The van der Waals surface area contributed by atoms with E-state index in [9.17, 15) is 22.4 Å². The fraction of sp³-hybridized carbons (Fsp3) is 0.364. The van der Waals surface area contributed by atoms with E-state index in [4.69, 9.17) is 23.2 Å². The number of halogens is 3. The standard InChI is InChI=1S/C22H26Cl2FN3O4S/c1-4-11-26-22(30)15(2)27(13-16-5-8-18(25)9-6-16)21(29)14-28(33(3,31)32)20-12-17(23)7-10-19(20)24/h5-10,12,15H,4,11,13-14H2,1-3H3,(H,26,30). The van der Waals surface area contributed by atoms with Crippen LogP contribution in [0.1, 0.15) is 25.8 Å². The molecule has 2 rings (SSSR count). The molecule has 33 heavy (non-hydrogen) atoms. The summed E-state index contributed by atoms with van der Waals surface area (Å²) in [6.07, 6.45) is 1.65. The minimum Gasteiger partial charge on any atom is -0.354 e. The molecule has 0 aliphatic heterocycles. The van der Waals surface area contributed by atoms with Crippen molar-refractivity contribution < 1.29 is 22.4 Å². The molecule has 0 saturated heterocycles. The van der Waals surface area contributed by atoms with Crippen molar-refractivity contribution in [2.24, 2.45) is 0 Å². The van der Waals surface area contributed by atoms with Crippen LogP contribution in [-0.4, -0.2) is 50.5 Å². The molecule has 0 saturated carbocycles. The van der Waals surface area contributed by atoms with Gasteiger partial charge in [0.2, 0.25) is 21.8 Å². The summed E-state index contributed by atoms with van der Waals surface area (Å²) in [6, 6.07) is 8.84. The lowest BCUT2D eigenvalue weighted by molar-refractivity contribution is -0.139. The lowest BCUT2D eigenvalue weighted by atomic mass is 10.1. The number of sulfonamides is 1. The molecule has 0 heterocycles. The van der Waals surface area contributed by atoms with E-state index < -0.39 is 34.3 Å². The highest BCUT2D eigenvalue weighted by Gasteiger charge is 2.30. The summed E-state index contributed by atoms with van der Waals surface area (Å²) in [5, 5.41) is 3.07. The summed E-state index contributed by atoms with van der Waals surface area (Å²) >= 11 is 12.2. The predicted molar refractivity (Wildman–Crippen MR) is 128 cm³/mol.